The first-order valence-electron chi connectivity index (χ1n) is 4.76. The molecule has 3 heteroatoms. The second-order valence-electron chi connectivity index (χ2n) is 3.82. The minimum atomic E-state index is -0.658. The summed E-state index contributed by atoms with van der Waals surface area (Å²) in [6.07, 6.45) is 0.493. The van der Waals surface area contributed by atoms with Crippen LogP contribution in [-0.4, -0.2) is 13.2 Å². The molecule has 1 saturated carbocycles. The second-order valence-corrected chi connectivity index (χ2v) is 4.67. The standard InChI is InChI=1S/C11H13BrFN/c1-14-11(6-8(13)7-11)9-4-2-3-5-10(9)12/h2-5,8,14H,6-7H2,1H3. The van der Waals surface area contributed by atoms with Gasteiger partial charge < -0.3 is 5.32 Å². The van der Waals surface area contributed by atoms with Gasteiger partial charge in [0, 0.05) is 22.9 Å². The molecule has 0 radical (unpaired) electrons. The summed E-state index contributed by atoms with van der Waals surface area (Å²) in [5, 5.41) is 3.23. The van der Waals surface area contributed by atoms with Crippen LogP contribution in [0.4, 0.5) is 4.39 Å². The van der Waals surface area contributed by atoms with E-state index in [2.05, 4.69) is 21.2 Å². The van der Waals surface area contributed by atoms with Crippen molar-refractivity contribution < 1.29 is 4.39 Å². The number of alkyl halides is 1. The molecule has 1 nitrogen and oxygen atoms in total. The van der Waals surface area contributed by atoms with Gasteiger partial charge in [-0.2, -0.15) is 0 Å². The van der Waals surface area contributed by atoms with Crippen molar-refractivity contribution in [3.63, 3.8) is 0 Å². The molecule has 0 aromatic heterocycles. The highest BCUT2D eigenvalue weighted by molar-refractivity contribution is 9.10. The maximum Gasteiger partial charge on any atom is 0.104 e. The van der Waals surface area contributed by atoms with Crippen LogP contribution < -0.4 is 5.32 Å². The lowest BCUT2D eigenvalue weighted by molar-refractivity contribution is 0.0712. The van der Waals surface area contributed by atoms with E-state index in [4.69, 9.17) is 0 Å². The number of nitrogens with one attached hydrogen (secondary N) is 1. The molecular weight excluding hydrogens is 245 g/mol. The number of benzene rings is 1. The Morgan fingerprint density at radius 3 is 2.57 bits per heavy atom. The largest absolute Gasteiger partial charge is 0.310 e. The van der Waals surface area contributed by atoms with E-state index in [1.807, 2.05) is 31.3 Å². The van der Waals surface area contributed by atoms with E-state index in [0.29, 0.717) is 12.8 Å². The van der Waals surface area contributed by atoms with Gasteiger partial charge in [-0.3, -0.25) is 0 Å². The van der Waals surface area contributed by atoms with Crippen molar-refractivity contribution in [2.24, 2.45) is 0 Å². The van der Waals surface area contributed by atoms with Crippen molar-refractivity contribution in [3.05, 3.63) is 34.3 Å². The van der Waals surface area contributed by atoms with Crippen molar-refractivity contribution in [1.29, 1.82) is 0 Å². The van der Waals surface area contributed by atoms with Crippen LogP contribution in [0.2, 0.25) is 0 Å². The Morgan fingerprint density at radius 1 is 1.43 bits per heavy atom. The predicted molar refractivity (Wildman–Crippen MR) is 59.0 cm³/mol. The Balaban J connectivity index is 2.34. The number of hydrogen-bond donors (Lipinski definition) is 1. The summed E-state index contributed by atoms with van der Waals surface area (Å²) >= 11 is 3.51. The Hall–Kier alpha value is -0.410. The maximum atomic E-state index is 13.0. The van der Waals surface area contributed by atoms with Crippen LogP contribution in [0, 0.1) is 0 Å². The fourth-order valence-corrected chi connectivity index (χ4v) is 2.77. The van der Waals surface area contributed by atoms with Gasteiger partial charge in [0.2, 0.25) is 0 Å². The lowest BCUT2D eigenvalue weighted by atomic mass is 9.70. The fraction of sp³-hybridized carbons (Fsp3) is 0.455. The smallest absolute Gasteiger partial charge is 0.104 e. The van der Waals surface area contributed by atoms with E-state index in [9.17, 15) is 4.39 Å². The predicted octanol–water partition coefficient (Wildman–Crippen LogP) is 3.00. The molecule has 0 bridgehead atoms. The minimum absolute atomic E-state index is 0.153. The summed E-state index contributed by atoms with van der Waals surface area (Å²) in [7, 11) is 1.89. The first kappa shape index (κ1) is 10.1. The van der Waals surface area contributed by atoms with Gasteiger partial charge in [-0.1, -0.05) is 34.1 Å². The Bertz CT molecular complexity index is 334. The van der Waals surface area contributed by atoms with E-state index in [0.717, 1.165) is 10.0 Å². The molecule has 1 aliphatic carbocycles. The van der Waals surface area contributed by atoms with Gasteiger partial charge in [0.15, 0.2) is 0 Å². The maximum absolute atomic E-state index is 13.0. The highest BCUT2D eigenvalue weighted by Gasteiger charge is 2.45. The number of rotatable bonds is 2. The molecule has 0 aliphatic heterocycles. The average Bonchev–Trinajstić information content (AvgIpc) is 2.14. The van der Waals surface area contributed by atoms with Gasteiger partial charge in [0.25, 0.3) is 0 Å². The molecule has 1 aromatic rings. The lowest BCUT2D eigenvalue weighted by Crippen LogP contribution is -2.52. The van der Waals surface area contributed by atoms with Gasteiger partial charge >= 0.3 is 0 Å². The van der Waals surface area contributed by atoms with Gasteiger partial charge in [-0.05, 0) is 18.7 Å². The van der Waals surface area contributed by atoms with E-state index >= 15 is 0 Å². The zero-order chi connectivity index (χ0) is 10.2. The molecule has 0 atom stereocenters. The normalized spacial score (nSPS) is 31.2. The molecule has 1 N–H and O–H groups in total. The van der Waals surface area contributed by atoms with Crippen molar-refractivity contribution in [2.75, 3.05) is 7.05 Å². The van der Waals surface area contributed by atoms with Crippen LogP contribution >= 0.6 is 15.9 Å². The Morgan fingerprint density at radius 2 is 2.07 bits per heavy atom. The number of halogens is 2. The van der Waals surface area contributed by atoms with Gasteiger partial charge in [-0.25, -0.2) is 4.39 Å². The monoisotopic (exact) mass is 257 g/mol. The van der Waals surface area contributed by atoms with Crippen LogP contribution in [0.25, 0.3) is 0 Å². The third kappa shape index (κ3) is 1.48. The van der Waals surface area contributed by atoms with Gasteiger partial charge in [-0.15, -0.1) is 0 Å². The average molecular weight is 258 g/mol. The van der Waals surface area contributed by atoms with Gasteiger partial charge in [0.1, 0.15) is 6.17 Å². The van der Waals surface area contributed by atoms with Crippen LogP contribution in [0.1, 0.15) is 18.4 Å². The van der Waals surface area contributed by atoms with Crippen molar-refractivity contribution in [1.82, 2.24) is 5.32 Å². The van der Waals surface area contributed by atoms with Crippen LogP contribution in [0.15, 0.2) is 28.7 Å². The molecule has 0 unspecified atom stereocenters. The van der Waals surface area contributed by atoms with Gasteiger partial charge in [0.05, 0.1) is 0 Å². The molecule has 0 saturated heterocycles. The van der Waals surface area contributed by atoms with Crippen molar-refractivity contribution in [3.8, 4) is 0 Å². The molecular formula is C11H13BrFN. The molecule has 0 amide bonds. The van der Waals surface area contributed by atoms with Crippen LogP contribution in [0.3, 0.4) is 0 Å². The summed E-state index contributed by atoms with van der Waals surface area (Å²) in [6.45, 7) is 0. The highest BCUT2D eigenvalue weighted by atomic mass is 79.9. The Labute approximate surface area is 91.8 Å². The molecule has 1 aliphatic rings. The molecule has 0 heterocycles. The minimum Gasteiger partial charge on any atom is -0.310 e. The third-order valence-electron chi connectivity index (χ3n) is 3.01. The van der Waals surface area contributed by atoms with E-state index < -0.39 is 6.17 Å². The molecule has 0 spiro atoms. The van der Waals surface area contributed by atoms with E-state index in [1.165, 1.54) is 0 Å². The molecule has 1 fully saturated rings. The van der Waals surface area contributed by atoms with Crippen molar-refractivity contribution in [2.45, 2.75) is 24.6 Å². The first-order chi connectivity index (χ1) is 6.68. The number of hydrogen-bond acceptors (Lipinski definition) is 1. The molecule has 14 heavy (non-hydrogen) atoms. The summed E-state index contributed by atoms with van der Waals surface area (Å²) in [5.41, 5.74) is 1.01. The summed E-state index contributed by atoms with van der Waals surface area (Å²) in [4.78, 5) is 0. The molecule has 2 rings (SSSR count). The quantitative estimate of drug-likeness (QED) is 0.859. The molecule has 76 valence electrons. The zero-order valence-electron chi connectivity index (χ0n) is 8.06. The lowest BCUT2D eigenvalue weighted by Gasteiger charge is -2.45. The van der Waals surface area contributed by atoms with Crippen LogP contribution in [0.5, 0.6) is 0 Å². The Kier molecular flexibility index (Phi) is 2.62. The SMILES string of the molecule is CNC1(c2ccccc2Br)CC(F)C1. The highest BCUT2D eigenvalue weighted by Crippen LogP contribution is 2.45. The summed E-state index contributed by atoms with van der Waals surface area (Å²) in [5.74, 6) is 0. The zero-order valence-corrected chi connectivity index (χ0v) is 9.64. The molecule has 1 aromatic carbocycles. The van der Waals surface area contributed by atoms with Crippen molar-refractivity contribution >= 4 is 15.9 Å². The summed E-state index contributed by atoms with van der Waals surface area (Å²) < 4.78 is 14.0. The first-order valence-corrected chi connectivity index (χ1v) is 5.55. The van der Waals surface area contributed by atoms with Crippen LogP contribution in [-0.2, 0) is 5.54 Å². The second kappa shape index (κ2) is 3.63. The third-order valence-corrected chi connectivity index (χ3v) is 3.70. The van der Waals surface area contributed by atoms with E-state index in [1.54, 1.807) is 0 Å². The topological polar surface area (TPSA) is 12.0 Å². The van der Waals surface area contributed by atoms with E-state index in [-0.39, 0.29) is 5.54 Å². The fourth-order valence-electron chi connectivity index (χ4n) is 2.10. The summed E-state index contributed by atoms with van der Waals surface area (Å²) in [6, 6.07) is 8.01.